The minimum absolute atomic E-state index is 0.133. The third-order valence-electron chi connectivity index (χ3n) is 2.73. The molecule has 0 heterocycles. The normalized spacial score (nSPS) is 13.2. The molecule has 0 aliphatic heterocycles. The molecule has 0 spiro atoms. The van der Waals surface area contributed by atoms with Gasteiger partial charge in [-0.1, -0.05) is 41.9 Å². The molecule has 0 amide bonds. The third-order valence-corrected chi connectivity index (χ3v) is 4.43. The number of nitrogens with two attached hydrogens (primary N) is 1. The molecule has 0 saturated carbocycles. The zero-order valence-corrected chi connectivity index (χ0v) is 11.9. The number of benzene rings is 2. The van der Waals surface area contributed by atoms with Crippen LogP contribution in [0.25, 0.3) is 0 Å². The number of alkyl halides is 2. The lowest BCUT2D eigenvalue weighted by Crippen LogP contribution is -2.22. The second-order valence-corrected chi connectivity index (χ2v) is 6.10. The molecule has 6 heteroatoms. The lowest BCUT2D eigenvalue weighted by atomic mass is 10.1. The van der Waals surface area contributed by atoms with Gasteiger partial charge in [0.2, 0.25) is 0 Å². The zero-order chi connectivity index (χ0) is 14.8. The summed E-state index contributed by atoms with van der Waals surface area (Å²) < 4.78 is 40.2. The summed E-state index contributed by atoms with van der Waals surface area (Å²) in [4.78, 5) is 0.133. The van der Waals surface area contributed by atoms with Gasteiger partial charge in [-0.15, -0.1) is 0 Å². The number of nitrogen functional groups attached to an aromatic ring is 1. The van der Waals surface area contributed by atoms with E-state index in [4.69, 9.17) is 17.3 Å². The Labute approximate surface area is 123 Å². The fourth-order valence-electron chi connectivity index (χ4n) is 1.71. The van der Waals surface area contributed by atoms with Crippen LogP contribution in [0, 0.1) is 0 Å². The molecular formula is C14H12ClF2NOS. The average molecular weight is 316 g/mol. The molecule has 2 rings (SSSR count). The fourth-order valence-corrected chi connectivity index (χ4v) is 3.19. The maximum atomic E-state index is 14.1. The van der Waals surface area contributed by atoms with Crippen molar-refractivity contribution < 1.29 is 13.0 Å². The molecule has 0 saturated heterocycles. The smallest absolute Gasteiger partial charge is 0.284 e. The van der Waals surface area contributed by atoms with E-state index in [1.807, 2.05) is 0 Å². The van der Waals surface area contributed by atoms with Crippen LogP contribution in [0.3, 0.4) is 0 Å². The van der Waals surface area contributed by atoms with Crippen molar-refractivity contribution in [2.75, 3.05) is 11.5 Å². The molecule has 2 aromatic carbocycles. The standard InChI is InChI=1S/C14H12ClF2NOS/c15-11-6-7-12(18)13(8-11)20(19)9-14(16,17)10-4-2-1-3-5-10/h1-8H,9,18H2. The number of hydrogen-bond acceptors (Lipinski definition) is 2. The van der Waals surface area contributed by atoms with Crippen molar-refractivity contribution in [1.29, 1.82) is 0 Å². The van der Waals surface area contributed by atoms with E-state index in [-0.39, 0.29) is 16.1 Å². The summed E-state index contributed by atoms with van der Waals surface area (Å²) in [5.41, 5.74) is 5.67. The second-order valence-electron chi connectivity index (χ2n) is 4.24. The molecular weight excluding hydrogens is 304 g/mol. The Kier molecular flexibility index (Phi) is 4.40. The van der Waals surface area contributed by atoms with Crippen molar-refractivity contribution in [3.8, 4) is 0 Å². The molecule has 2 aromatic rings. The van der Waals surface area contributed by atoms with E-state index in [0.717, 1.165) is 0 Å². The number of anilines is 1. The van der Waals surface area contributed by atoms with E-state index >= 15 is 0 Å². The van der Waals surface area contributed by atoms with E-state index in [9.17, 15) is 13.0 Å². The topological polar surface area (TPSA) is 43.1 Å². The van der Waals surface area contributed by atoms with Crippen LogP contribution in [0.2, 0.25) is 5.02 Å². The average Bonchev–Trinajstić information content (AvgIpc) is 2.42. The van der Waals surface area contributed by atoms with Crippen molar-refractivity contribution >= 4 is 28.1 Å². The van der Waals surface area contributed by atoms with Gasteiger partial charge in [-0.05, 0) is 18.2 Å². The van der Waals surface area contributed by atoms with Gasteiger partial charge in [0, 0.05) is 16.3 Å². The molecule has 0 aliphatic carbocycles. The van der Waals surface area contributed by atoms with Crippen LogP contribution in [-0.4, -0.2) is 9.96 Å². The minimum atomic E-state index is -3.19. The van der Waals surface area contributed by atoms with Crippen molar-refractivity contribution in [2.24, 2.45) is 0 Å². The Hall–Kier alpha value is -1.46. The summed E-state index contributed by atoms with van der Waals surface area (Å²) in [6, 6.07) is 11.6. The number of halogens is 3. The summed E-state index contributed by atoms with van der Waals surface area (Å²) in [5, 5.41) is 0.311. The lowest BCUT2D eigenvalue weighted by molar-refractivity contribution is 0.0222. The Morgan fingerprint density at radius 3 is 2.45 bits per heavy atom. The van der Waals surface area contributed by atoms with Gasteiger partial charge in [0.25, 0.3) is 5.92 Å². The van der Waals surface area contributed by atoms with Gasteiger partial charge in [-0.2, -0.15) is 0 Å². The van der Waals surface area contributed by atoms with Crippen LogP contribution in [-0.2, 0) is 16.7 Å². The highest BCUT2D eigenvalue weighted by Crippen LogP contribution is 2.31. The molecule has 1 unspecified atom stereocenters. The largest absolute Gasteiger partial charge is 0.398 e. The highest BCUT2D eigenvalue weighted by atomic mass is 35.5. The maximum absolute atomic E-state index is 14.1. The van der Waals surface area contributed by atoms with Crippen LogP contribution in [0.4, 0.5) is 14.5 Å². The Morgan fingerprint density at radius 1 is 1.15 bits per heavy atom. The van der Waals surface area contributed by atoms with E-state index in [2.05, 4.69) is 0 Å². The summed E-state index contributed by atoms with van der Waals surface area (Å²) >= 11 is 5.77. The fraction of sp³-hybridized carbons (Fsp3) is 0.143. The van der Waals surface area contributed by atoms with Crippen molar-refractivity contribution in [3.63, 3.8) is 0 Å². The van der Waals surface area contributed by atoms with E-state index in [1.165, 1.54) is 42.5 Å². The highest BCUT2D eigenvalue weighted by molar-refractivity contribution is 7.85. The van der Waals surface area contributed by atoms with Gasteiger partial charge in [0.05, 0.1) is 21.4 Å². The lowest BCUT2D eigenvalue weighted by Gasteiger charge is -2.17. The molecule has 1 atom stereocenters. The Bertz CT molecular complexity index is 634. The summed E-state index contributed by atoms with van der Waals surface area (Å²) in [6.45, 7) is 0. The molecule has 0 radical (unpaired) electrons. The third kappa shape index (κ3) is 3.35. The van der Waals surface area contributed by atoms with Crippen LogP contribution in [0.5, 0.6) is 0 Å². The van der Waals surface area contributed by atoms with Crippen molar-refractivity contribution in [3.05, 3.63) is 59.1 Å². The zero-order valence-electron chi connectivity index (χ0n) is 10.4. The van der Waals surface area contributed by atoms with Crippen molar-refractivity contribution in [2.45, 2.75) is 10.8 Å². The van der Waals surface area contributed by atoms with Crippen molar-refractivity contribution in [1.82, 2.24) is 0 Å². The van der Waals surface area contributed by atoms with Gasteiger partial charge >= 0.3 is 0 Å². The summed E-state index contributed by atoms with van der Waals surface area (Å²) in [6.07, 6.45) is 0. The van der Waals surface area contributed by atoms with E-state index < -0.39 is 22.5 Å². The monoisotopic (exact) mass is 315 g/mol. The van der Waals surface area contributed by atoms with E-state index in [0.29, 0.717) is 5.02 Å². The van der Waals surface area contributed by atoms with Crippen LogP contribution < -0.4 is 5.73 Å². The van der Waals surface area contributed by atoms with E-state index in [1.54, 1.807) is 6.07 Å². The summed E-state index contributed by atoms with van der Waals surface area (Å²) in [7, 11) is -1.93. The SMILES string of the molecule is Nc1ccc(Cl)cc1S(=O)CC(F)(F)c1ccccc1. The quantitative estimate of drug-likeness (QED) is 0.872. The minimum Gasteiger partial charge on any atom is -0.398 e. The first-order valence-corrected chi connectivity index (χ1v) is 7.46. The molecule has 0 aromatic heterocycles. The van der Waals surface area contributed by atoms with Crippen LogP contribution >= 0.6 is 11.6 Å². The molecule has 2 N–H and O–H groups in total. The molecule has 0 bridgehead atoms. The molecule has 2 nitrogen and oxygen atoms in total. The highest BCUT2D eigenvalue weighted by Gasteiger charge is 2.34. The molecule has 0 fully saturated rings. The summed E-state index contributed by atoms with van der Waals surface area (Å²) in [5.74, 6) is -4.03. The first-order valence-electron chi connectivity index (χ1n) is 5.77. The first-order chi connectivity index (χ1) is 9.40. The number of hydrogen-bond donors (Lipinski definition) is 1. The predicted molar refractivity (Wildman–Crippen MR) is 77.5 cm³/mol. The van der Waals surface area contributed by atoms with Gasteiger partial charge in [0.1, 0.15) is 0 Å². The first kappa shape index (κ1) is 14.9. The van der Waals surface area contributed by atoms with Gasteiger partial charge in [-0.3, -0.25) is 4.21 Å². The Morgan fingerprint density at radius 2 is 1.80 bits per heavy atom. The Balaban J connectivity index is 2.25. The van der Waals surface area contributed by atoms with Crippen LogP contribution in [0.15, 0.2) is 53.4 Å². The predicted octanol–water partition coefficient (Wildman–Crippen LogP) is 3.82. The van der Waals surface area contributed by atoms with Gasteiger partial charge < -0.3 is 5.73 Å². The molecule has 106 valence electrons. The van der Waals surface area contributed by atoms with Gasteiger partial charge in [-0.25, -0.2) is 8.78 Å². The molecule has 20 heavy (non-hydrogen) atoms. The van der Waals surface area contributed by atoms with Crippen LogP contribution in [0.1, 0.15) is 5.56 Å². The second kappa shape index (κ2) is 5.89. The number of rotatable bonds is 4. The van der Waals surface area contributed by atoms with Gasteiger partial charge in [0.15, 0.2) is 0 Å². The molecule has 0 aliphatic rings. The maximum Gasteiger partial charge on any atom is 0.284 e.